The van der Waals surface area contributed by atoms with Crippen LogP contribution in [0.5, 0.6) is 0 Å². The Morgan fingerprint density at radius 3 is 3.15 bits per heavy atom. The van der Waals surface area contributed by atoms with Gasteiger partial charge >= 0.3 is 0 Å². The third-order valence-corrected chi connectivity index (χ3v) is 2.31. The van der Waals surface area contributed by atoms with Crippen LogP contribution in [0.2, 0.25) is 0 Å². The van der Waals surface area contributed by atoms with E-state index in [0.717, 1.165) is 12.1 Å². The summed E-state index contributed by atoms with van der Waals surface area (Å²) in [5.74, 6) is 0. The Balaban J connectivity index is 2.08. The van der Waals surface area contributed by atoms with Crippen molar-refractivity contribution in [2.45, 2.75) is 25.0 Å². The molecule has 4 nitrogen and oxygen atoms in total. The molecule has 72 valence electrons. The van der Waals surface area contributed by atoms with Crippen molar-refractivity contribution < 1.29 is 9.84 Å². The summed E-state index contributed by atoms with van der Waals surface area (Å²) in [5, 5.41) is 9.43. The quantitative estimate of drug-likeness (QED) is 0.693. The molecule has 0 amide bonds. The Kier molecular flexibility index (Phi) is 2.33. The molecular formula is C9H14N2O2. The van der Waals surface area contributed by atoms with Crippen molar-refractivity contribution in [3.05, 3.63) is 18.2 Å². The first-order chi connectivity index (χ1) is 6.25. The lowest BCUT2D eigenvalue weighted by atomic mass is 10.0. The van der Waals surface area contributed by atoms with Crippen molar-refractivity contribution >= 4 is 0 Å². The predicted octanol–water partition coefficient (Wildman–Crippen LogP) is 0.632. The first-order valence-corrected chi connectivity index (χ1v) is 4.53. The van der Waals surface area contributed by atoms with Crippen molar-refractivity contribution in [3.8, 4) is 0 Å². The van der Waals surface area contributed by atoms with Crippen LogP contribution in [0.3, 0.4) is 0 Å². The molecule has 2 rings (SSSR count). The Labute approximate surface area is 77.2 Å². The zero-order chi connectivity index (χ0) is 9.26. The summed E-state index contributed by atoms with van der Waals surface area (Å²) in [6, 6.07) is 0. The van der Waals surface area contributed by atoms with Crippen LogP contribution in [0.25, 0.3) is 0 Å². The van der Waals surface area contributed by atoms with Gasteiger partial charge in [-0.1, -0.05) is 0 Å². The largest absolute Gasteiger partial charge is 0.393 e. The van der Waals surface area contributed by atoms with Crippen LogP contribution >= 0.6 is 0 Å². The van der Waals surface area contributed by atoms with E-state index in [9.17, 15) is 5.11 Å². The number of nitrogens with zero attached hydrogens (tertiary/aromatic N) is 2. The van der Waals surface area contributed by atoms with Gasteiger partial charge in [0, 0.05) is 26.3 Å². The number of ether oxygens (including phenoxy) is 1. The molecule has 1 aromatic rings. The van der Waals surface area contributed by atoms with E-state index in [0.29, 0.717) is 13.0 Å². The average Bonchev–Trinajstić information content (AvgIpc) is 2.52. The summed E-state index contributed by atoms with van der Waals surface area (Å²) in [4.78, 5) is 4.20. The van der Waals surface area contributed by atoms with Gasteiger partial charge in [0.25, 0.3) is 0 Å². The van der Waals surface area contributed by atoms with Gasteiger partial charge in [-0.15, -0.1) is 0 Å². The number of aryl methyl sites for hydroxylation is 1. The van der Waals surface area contributed by atoms with E-state index in [1.807, 2.05) is 17.8 Å². The molecule has 2 unspecified atom stereocenters. The maximum absolute atomic E-state index is 9.43. The minimum Gasteiger partial charge on any atom is -0.393 e. The zero-order valence-electron chi connectivity index (χ0n) is 7.68. The Hall–Kier alpha value is -0.870. The number of rotatable bonds is 1. The van der Waals surface area contributed by atoms with Crippen LogP contribution in [-0.4, -0.2) is 27.4 Å². The molecule has 0 bridgehead atoms. The Morgan fingerprint density at radius 1 is 1.69 bits per heavy atom. The van der Waals surface area contributed by atoms with E-state index in [2.05, 4.69) is 4.98 Å². The zero-order valence-corrected chi connectivity index (χ0v) is 7.68. The SMILES string of the molecule is Cn1cnc(C2CC(O)CCO2)c1. The summed E-state index contributed by atoms with van der Waals surface area (Å²) in [7, 11) is 1.93. The molecule has 1 aliphatic rings. The van der Waals surface area contributed by atoms with Crippen LogP contribution in [0.15, 0.2) is 12.5 Å². The molecule has 4 heteroatoms. The first kappa shape index (κ1) is 8.72. The number of imidazole rings is 1. The predicted molar refractivity (Wildman–Crippen MR) is 47.1 cm³/mol. The summed E-state index contributed by atoms with van der Waals surface area (Å²) < 4.78 is 7.40. The maximum Gasteiger partial charge on any atom is 0.103 e. The van der Waals surface area contributed by atoms with E-state index in [4.69, 9.17) is 4.74 Å². The number of hydrogen-bond acceptors (Lipinski definition) is 3. The van der Waals surface area contributed by atoms with E-state index < -0.39 is 0 Å². The third kappa shape index (κ3) is 1.89. The second kappa shape index (κ2) is 3.47. The number of aromatic nitrogens is 2. The monoisotopic (exact) mass is 182 g/mol. The molecule has 1 saturated heterocycles. The standard InChI is InChI=1S/C9H14N2O2/c1-11-5-8(10-6-11)9-4-7(12)2-3-13-9/h5-7,9,12H,2-4H2,1H3. The van der Waals surface area contributed by atoms with Crippen LogP contribution in [0.1, 0.15) is 24.6 Å². The summed E-state index contributed by atoms with van der Waals surface area (Å²) >= 11 is 0. The Bertz CT molecular complexity index is 285. The molecule has 1 aliphatic heterocycles. The highest BCUT2D eigenvalue weighted by atomic mass is 16.5. The van der Waals surface area contributed by atoms with Gasteiger partial charge in [-0.05, 0) is 6.42 Å². The van der Waals surface area contributed by atoms with Crippen molar-refractivity contribution in [2.24, 2.45) is 7.05 Å². The molecule has 0 aromatic carbocycles. The smallest absolute Gasteiger partial charge is 0.103 e. The molecule has 0 aliphatic carbocycles. The molecule has 1 N–H and O–H groups in total. The molecule has 0 radical (unpaired) electrons. The van der Waals surface area contributed by atoms with Gasteiger partial charge < -0.3 is 14.4 Å². The van der Waals surface area contributed by atoms with Crippen molar-refractivity contribution in [3.63, 3.8) is 0 Å². The van der Waals surface area contributed by atoms with Crippen LogP contribution in [-0.2, 0) is 11.8 Å². The van der Waals surface area contributed by atoms with Gasteiger partial charge in [0.1, 0.15) is 6.10 Å². The highest BCUT2D eigenvalue weighted by molar-refractivity contribution is 5.02. The van der Waals surface area contributed by atoms with E-state index in [1.165, 1.54) is 0 Å². The van der Waals surface area contributed by atoms with Crippen molar-refractivity contribution in [1.29, 1.82) is 0 Å². The van der Waals surface area contributed by atoms with Gasteiger partial charge in [0.2, 0.25) is 0 Å². The van der Waals surface area contributed by atoms with Crippen molar-refractivity contribution in [2.75, 3.05) is 6.61 Å². The molecule has 0 spiro atoms. The van der Waals surface area contributed by atoms with Crippen LogP contribution in [0.4, 0.5) is 0 Å². The topological polar surface area (TPSA) is 47.3 Å². The minimum atomic E-state index is -0.235. The fraction of sp³-hybridized carbons (Fsp3) is 0.667. The van der Waals surface area contributed by atoms with Gasteiger partial charge in [-0.3, -0.25) is 0 Å². The molecule has 13 heavy (non-hydrogen) atoms. The minimum absolute atomic E-state index is 0.0232. The lowest BCUT2D eigenvalue weighted by Crippen LogP contribution is -2.23. The molecule has 2 heterocycles. The second-order valence-corrected chi connectivity index (χ2v) is 3.50. The summed E-state index contributed by atoms with van der Waals surface area (Å²) in [6.45, 7) is 0.627. The fourth-order valence-electron chi connectivity index (χ4n) is 1.58. The van der Waals surface area contributed by atoms with E-state index in [-0.39, 0.29) is 12.2 Å². The van der Waals surface area contributed by atoms with Crippen LogP contribution < -0.4 is 0 Å². The second-order valence-electron chi connectivity index (χ2n) is 3.50. The molecule has 2 atom stereocenters. The van der Waals surface area contributed by atoms with Gasteiger partial charge in [0.05, 0.1) is 18.1 Å². The average molecular weight is 182 g/mol. The lowest BCUT2D eigenvalue weighted by molar-refractivity contribution is -0.0465. The lowest BCUT2D eigenvalue weighted by Gasteiger charge is -2.24. The fourth-order valence-corrected chi connectivity index (χ4v) is 1.58. The number of hydrogen-bond donors (Lipinski definition) is 1. The van der Waals surface area contributed by atoms with Crippen molar-refractivity contribution in [1.82, 2.24) is 9.55 Å². The van der Waals surface area contributed by atoms with Gasteiger partial charge in [-0.25, -0.2) is 4.98 Å². The Morgan fingerprint density at radius 2 is 2.54 bits per heavy atom. The molecule has 1 fully saturated rings. The highest BCUT2D eigenvalue weighted by Gasteiger charge is 2.23. The number of aliphatic hydroxyl groups excluding tert-OH is 1. The van der Waals surface area contributed by atoms with Gasteiger partial charge in [0.15, 0.2) is 0 Å². The van der Waals surface area contributed by atoms with E-state index >= 15 is 0 Å². The molecular weight excluding hydrogens is 168 g/mol. The third-order valence-electron chi connectivity index (χ3n) is 2.31. The normalized spacial score (nSPS) is 29.1. The first-order valence-electron chi connectivity index (χ1n) is 4.53. The summed E-state index contributed by atoms with van der Waals surface area (Å²) in [5.41, 5.74) is 0.918. The molecule has 1 aromatic heterocycles. The number of aliphatic hydroxyl groups is 1. The van der Waals surface area contributed by atoms with E-state index in [1.54, 1.807) is 6.33 Å². The maximum atomic E-state index is 9.43. The highest BCUT2D eigenvalue weighted by Crippen LogP contribution is 2.26. The summed E-state index contributed by atoms with van der Waals surface area (Å²) in [6.07, 6.45) is 4.83. The van der Waals surface area contributed by atoms with Gasteiger partial charge in [-0.2, -0.15) is 0 Å². The van der Waals surface area contributed by atoms with Crippen LogP contribution in [0, 0.1) is 0 Å². The molecule has 0 saturated carbocycles.